The van der Waals surface area contributed by atoms with Crippen molar-refractivity contribution in [2.24, 2.45) is 0 Å². The molecule has 1 saturated heterocycles. The van der Waals surface area contributed by atoms with Crippen molar-refractivity contribution in [2.75, 3.05) is 6.54 Å². The van der Waals surface area contributed by atoms with Gasteiger partial charge in [-0.3, -0.25) is 9.59 Å². The van der Waals surface area contributed by atoms with Crippen LogP contribution in [0.5, 0.6) is 0 Å². The van der Waals surface area contributed by atoms with Crippen LogP contribution in [0.4, 0.5) is 0 Å². The number of carbonyl (C=O) groups is 1. The van der Waals surface area contributed by atoms with Gasteiger partial charge in [0.05, 0.1) is 0 Å². The zero-order chi connectivity index (χ0) is 13.1. The normalized spacial score (nSPS) is 23.7. The van der Waals surface area contributed by atoms with E-state index in [1.165, 1.54) is 0 Å². The van der Waals surface area contributed by atoms with Crippen LogP contribution in [-0.2, 0) is 0 Å². The Morgan fingerprint density at radius 2 is 2.22 bits per heavy atom. The Balaban J connectivity index is 2.05. The highest BCUT2D eigenvalue weighted by Gasteiger charge is 2.21. The number of carbonyl (C=O) groups excluding carboxylic acids is 1. The number of piperidine rings is 1. The molecule has 1 fully saturated rings. The van der Waals surface area contributed by atoms with Crippen molar-refractivity contribution in [1.82, 2.24) is 15.6 Å². The predicted molar refractivity (Wildman–Crippen MR) is 69.8 cm³/mol. The Labute approximate surface area is 106 Å². The second-order valence-electron chi connectivity index (χ2n) is 4.93. The Morgan fingerprint density at radius 1 is 1.44 bits per heavy atom. The van der Waals surface area contributed by atoms with Gasteiger partial charge < -0.3 is 15.6 Å². The fourth-order valence-corrected chi connectivity index (χ4v) is 2.28. The third kappa shape index (κ3) is 2.98. The molecule has 0 bridgehead atoms. The van der Waals surface area contributed by atoms with Crippen LogP contribution in [0.25, 0.3) is 0 Å². The average molecular weight is 249 g/mol. The van der Waals surface area contributed by atoms with Crippen LogP contribution in [0.1, 0.15) is 35.8 Å². The van der Waals surface area contributed by atoms with Gasteiger partial charge in [0.15, 0.2) is 0 Å². The summed E-state index contributed by atoms with van der Waals surface area (Å²) in [4.78, 5) is 26.3. The van der Waals surface area contributed by atoms with Crippen LogP contribution in [0.3, 0.4) is 0 Å². The lowest BCUT2D eigenvalue weighted by Gasteiger charge is -2.28. The van der Waals surface area contributed by atoms with E-state index in [0.29, 0.717) is 6.04 Å². The smallest absolute Gasteiger partial charge is 0.260 e. The molecule has 2 atom stereocenters. The van der Waals surface area contributed by atoms with Crippen molar-refractivity contribution < 1.29 is 4.79 Å². The lowest BCUT2D eigenvalue weighted by molar-refractivity contribution is 0.0924. The molecule has 1 amide bonds. The molecule has 1 aliphatic rings. The molecule has 5 heteroatoms. The average Bonchev–Trinajstić information content (AvgIpc) is 2.28. The zero-order valence-corrected chi connectivity index (χ0v) is 10.7. The number of hydrogen-bond donors (Lipinski definition) is 3. The van der Waals surface area contributed by atoms with Gasteiger partial charge in [0.25, 0.3) is 11.5 Å². The molecule has 18 heavy (non-hydrogen) atoms. The molecule has 0 aliphatic carbocycles. The van der Waals surface area contributed by atoms with E-state index in [-0.39, 0.29) is 23.1 Å². The Hall–Kier alpha value is -1.62. The van der Waals surface area contributed by atoms with E-state index >= 15 is 0 Å². The van der Waals surface area contributed by atoms with E-state index in [1.807, 2.05) is 0 Å². The number of aromatic amines is 1. The number of hydrogen-bond acceptors (Lipinski definition) is 3. The van der Waals surface area contributed by atoms with E-state index in [4.69, 9.17) is 0 Å². The summed E-state index contributed by atoms with van der Waals surface area (Å²) in [5.74, 6) is -0.282. The van der Waals surface area contributed by atoms with Gasteiger partial charge in [-0.2, -0.15) is 0 Å². The lowest BCUT2D eigenvalue weighted by atomic mass is 10.0. The van der Waals surface area contributed by atoms with E-state index in [9.17, 15) is 9.59 Å². The quantitative estimate of drug-likeness (QED) is 0.716. The molecule has 0 spiro atoms. The molecule has 0 aromatic carbocycles. The van der Waals surface area contributed by atoms with E-state index in [0.717, 1.165) is 25.1 Å². The monoisotopic (exact) mass is 249 g/mol. The van der Waals surface area contributed by atoms with Crippen LogP contribution in [0.2, 0.25) is 0 Å². The minimum atomic E-state index is -0.325. The third-order valence-corrected chi connectivity index (χ3v) is 3.26. The molecule has 2 unspecified atom stereocenters. The fourth-order valence-electron chi connectivity index (χ4n) is 2.28. The topological polar surface area (TPSA) is 74.0 Å². The van der Waals surface area contributed by atoms with Gasteiger partial charge in [0.1, 0.15) is 5.56 Å². The Kier molecular flexibility index (Phi) is 3.81. The van der Waals surface area contributed by atoms with Crippen LogP contribution in [0, 0.1) is 6.92 Å². The standard InChI is InChI=1S/C13H19N3O2/c1-8-3-4-11(12(17)15-8)13(18)16-10-5-6-14-9(2)7-10/h3-4,9-10,14H,5-7H2,1-2H3,(H,15,17)(H,16,18). The third-order valence-electron chi connectivity index (χ3n) is 3.26. The summed E-state index contributed by atoms with van der Waals surface area (Å²) >= 11 is 0. The second kappa shape index (κ2) is 5.35. The molecule has 2 heterocycles. The summed E-state index contributed by atoms with van der Waals surface area (Å²) in [5.41, 5.74) is 0.619. The Bertz CT molecular complexity index is 495. The van der Waals surface area contributed by atoms with Crippen molar-refractivity contribution in [2.45, 2.75) is 38.8 Å². The maximum Gasteiger partial charge on any atom is 0.260 e. The molecule has 0 radical (unpaired) electrons. The SMILES string of the molecule is Cc1ccc(C(=O)NC2CCNC(C)C2)c(=O)[nH]1. The number of H-pyrrole nitrogens is 1. The number of aryl methyl sites for hydroxylation is 1. The highest BCUT2D eigenvalue weighted by molar-refractivity contribution is 5.93. The molecule has 0 saturated carbocycles. The first-order chi connectivity index (χ1) is 8.56. The maximum absolute atomic E-state index is 12.0. The van der Waals surface area contributed by atoms with Gasteiger partial charge >= 0.3 is 0 Å². The number of amides is 1. The molecule has 1 aromatic rings. The summed E-state index contributed by atoms with van der Waals surface area (Å²) < 4.78 is 0. The van der Waals surface area contributed by atoms with Gasteiger partial charge in [-0.1, -0.05) is 0 Å². The summed E-state index contributed by atoms with van der Waals surface area (Å²) in [6, 6.07) is 3.87. The number of pyridine rings is 1. The maximum atomic E-state index is 12.0. The predicted octanol–water partition coefficient (Wildman–Crippen LogP) is 0.554. The first-order valence-electron chi connectivity index (χ1n) is 6.30. The summed E-state index contributed by atoms with van der Waals surface area (Å²) in [6.45, 7) is 4.78. The Morgan fingerprint density at radius 3 is 2.89 bits per heavy atom. The van der Waals surface area contributed by atoms with Crippen LogP contribution in [-0.4, -0.2) is 29.5 Å². The van der Waals surface area contributed by atoms with Crippen molar-refractivity contribution in [3.8, 4) is 0 Å². The lowest BCUT2D eigenvalue weighted by Crippen LogP contribution is -2.47. The van der Waals surface area contributed by atoms with Crippen molar-refractivity contribution in [1.29, 1.82) is 0 Å². The number of nitrogens with one attached hydrogen (secondary N) is 3. The first kappa shape index (κ1) is 12.8. The zero-order valence-electron chi connectivity index (χ0n) is 10.7. The molecule has 98 valence electrons. The van der Waals surface area contributed by atoms with Gasteiger partial charge in [0, 0.05) is 17.8 Å². The number of rotatable bonds is 2. The largest absolute Gasteiger partial charge is 0.349 e. The summed E-state index contributed by atoms with van der Waals surface area (Å²) in [7, 11) is 0. The van der Waals surface area contributed by atoms with Gasteiger partial charge in [-0.25, -0.2) is 0 Å². The van der Waals surface area contributed by atoms with Gasteiger partial charge in [-0.15, -0.1) is 0 Å². The minimum absolute atomic E-state index is 0.148. The second-order valence-corrected chi connectivity index (χ2v) is 4.93. The van der Waals surface area contributed by atoms with E-state index in [1.54, 1.807) is 19.1 Å². The molecule has 2 rings (SSSR count). The summed E-state index contributed by atoms with van der Waals surface area (Å²) in [6.07, 6.45) is 1.80. The highest BCUT2D eigenvalue weighted by Crippen LogP contribution is 2.08. The molecular formula is C13H19N3O2. The molecule has 3 N–H and O–H groups in total. The van der Waals surface area contributed by atoms with Gasteiger partial charge in [-0.05, 0) is 45.4 Å². The van der Waals surface area contributed by atoms with Crippen LogP contribution >= 0.6 is 0 Å². The molecule has 1 aromatic heterocycles. The van der Waals surface area contributed by atoms with E-state index < -0.39 is 0 Å². The highest BCUT2D eigenvalue weighted by atomic mass is 16.2. The van der Waals surface area contributed by atoms with Crippen LogP contribution < -0.4 is 16.2 Å². The molecule has 5 nitrogen and oxygen atoms in total. The molecular weight excluding hydrogens is 230 g/mol. The van der Waals surface area contributed by atoms with Crippen molar-refractivity contribution in [3.63, 3.8) is 0 Å². The van der Waals surface area contributed by atoms with Crippen molar-refractivity contribution >= 4 is 5.91 Å². The number of aromatic nitrogens is 1. The minimum Gasteiger partial charge on any atom is -0.349 e. The molecule has 1 aliphatic heterocycles. The van der Waals surface area contributed by atoms with E-state index in [2.05, 4.69) is 22.5 Å². The fraction of sp³-hybridized carbons (Fsp3) is 0.538. The van der Waals surface area contributed by atoms with Gasteiger partial charge in [0.2, 0.25) is 0 Å². The first-order valence-corrected chi connectivity index (χ1v) is 6.30. The summed E-state index contributed by atoms with van der Waals surface area (Å²) in [5, 5.41) is 6.25. The van der Waals surface area contributed by atoms with Crippen molar-refractivity contribution in [3.05, 3.63) is 33.7 Å². The van der Waals surface area contributed by atoms with Crippen LogP contribution in [0.15, 0.2) is 16.9 Å².